The lowest BCUT2D eigenvalue weighted by molar-refractivity contribution is -0.137. The summed E-state index contributed by atoms with van der Waals surface area (Å²) < 4.78 is 1.01. The summed E-state index contributed by atoms with van der Waals surface area (Å²) >= 11 is 5.19. The Kier molecular flexibility index (Phi) is 5.47. The van der Waals surface area contributed by atoms with Crippen molar-refractivity contribution in [2.75, 3.05) is 18.5 Å². The number of aliphatic hydroxyl groups is 1. The van der Waals surface area contributed by atoms with Gasteiger partial charge >= 0.3 is 0 Å². The molecule has 1 aromatic carbocycles. The summed E-state index contributed by atoms with van der Waals surface area (Å²) in [6.07, 6.45) is 5.92. The Morgan fingerprint density at radius 3 is 3.07 bits per heavy atom. The Morgan fingerprint density at radius 1 is 1.33 bits per heavy atom. The molecule has 1 aliphatic heterocycles. The van der Waals surface area contributed by atoms with E-state index in [9.17, 15) is 9.90 Å². The van der Waals surface area contributed by atoms with E-state index in [1.807, 2.05) is 29.2 Å². The highest BCUT2D eigenvalue weighted by Crippen LogP contribution is 2.41. The lowest BCUT2D eigenvalue weighted by Crippen LogP contribution is -2.42. The molecule has 1 aliphatic carbocycles. The van der Waals surface area contributed by atoms with E-state index in [4.69, 9.17) is 0 Å². The molecule has 2 N–H and O–H groups in total. The van der Waals surface area contributed by atoms with Crippen LogP contribution < -0.4 is 5.32 Å². The summed E-state index contributed by atoms with van der Waals surface area (Å²) in [5, 5.41) is 14.1. The summed E-state index contributed by atoms with van der Waals surface area (Å²) in [6, 6.07) is 8.01. The van der Waals surface area contributed by atoms with Crippen molar-refractivity contribution in [3.8, 4) is 0 Å². The third-order valence-corrected chi connectivity index (χ3v) is 7.81. The number of aliphatic hydroxyl groups excluding tert-OH is 1. The molecule has 3 heterocycles. The number of fused-ring (bicyclic) bond motifs is 3. The third kappa shape index (κ3) is 3.61. The van der Waals surface area contributed by atoms with Crippen molar-refractivity contribution >= 4 is 54.9 Å². The second-order valence-electron chi connectivity index (χ2n) is 7.99. The van der Waals surface area contributed by atoms with E-state index in [-0.39, 0.29) is 24.5 Å². The predicted molar refractivity (Wildman–Crippen MR) is 122 cm³/mol. The molecule has 0 saturated carbocycles. The van der Waals surface area contributed by atoms with Gasteiger partial charge in [-0.3, -0.25) is 4.79 Å². The quantitative estimate of drug-likeness (QED) is 0.575. The predicted octanol–water partition coefficient (Wildman–Crippen LogP) is 4.29. The van der Waals surface area contributed by atoms with Crippen LogP contribution in [0.4, 0.5) is 11.5 Å². The first-order valence-electron chi connectivity index (χ1n) is 10.3. The number of nitrogens with zero attached hydrogens (tertiary/aromatic N) is 3. The number of carbonyl (C=O) groups is 1. The maximum Gasteiger partial charge on any atom is 0.226 e. The van der Waals surface area contributed by atoms with Crippen molar-refractivity contribution in [1.29, 1.82) is 0 Å². The molecule has 1 amide bonds. The Morgan fingerprint density at radius 2 is 2.23 bits per heavy atom. The number of nitrogens with one attached hydrogen (secondary N) is 1. The molecule has 6 nitrogen and oxygen atoms in total. The van der Waals surface area contributed by atoms with Crippen molar-refractivity contribution < 1.29 is 9.90 Å². The number of rotatable bonds is 4. The van der Waals surface area contributed by atoms with Gasteiger partial charge in [0.25, 0.3) is 0 Å². The fraction of sp³-hybridized carbons (Fsp3) is 0.409. The number of thiophene rings is 1. The highest BCUT2D eigenvalue weighted by Gasteiger charge is 2.35. The van der Waals surface area contributed by atoms with Crippen LogP contribution in [0.1, 0.15) is 29.7 Å². The van der Waals surface area contributed by atoms with Crippen LogP contribution in [0.3, 0.4) is 0 Å². The average molecular weight is 487 g/mol. The van der Waals surface area contributed by atoms with Crippen molar-refractivity contribution in [3.05, 3.63) is 45.5 Å². The normalized spacial score (nSPS) is 21.1. The van der Waals surface area contributed by atoms with Gasteiger partial charge < -0.3 is 15.3 Å². The van der Waals surface area contributed by atoms with Crippen molar-refractivity contribution in [1.82, 2.24) is 14.9 Å². The molecule has 156 valence electrons. The number of hydrogen-bond donors (Lipinski definition) is 2. The van der Waals surface area contributed by atoms with E-state index in [1.165, 1.54) is 10.4 Å². The number of aryl methyl sites for hydroxylation is 1. The second-order valence-corrected chi connectivity index (χ2v) is 9.99. The number of benzene rings is 1. The van der Waals surface area contributed by atoms with Gasteiger partial charge in [0, 0.05) is 27.5 Å². The van der Waals surface area contributed by atoms with Gasteiger partial charge in [-0.1, -0.05) is 22.0 Å². The van der Waals surface area contributed by atoms with Gasteiger partial charge in [-0.05, 0) is 55.9 Å². The molecule has 2 aromatic heterocycles. The van der Waals surface area contributed by atoms with Crippen LogP contribution in [-0.2, 0) is 17.6 Å². The summed E-state index contributed by atoms with van der Waals surface area (Å²) in [4.78, 5) is 26.3. The van der Waals surface area contributed by atoms with Gasteiger partial charge in [-0.2, -0.15) is 0 Å². The molecule has 0 spiro atoms. The van der Waals surface area contributed by atoms with Crippen molar-refractivity contribution in [3.63, 3.8) is 0 Å². The second kappa shape index (κ2) is 8.24. The zero-order valence-electron chi connectivity index (χ0n) is 16.5. The first kappa shape index (κ1) is 19.9. The van der Waals surface area contributed by atoms with Gasteiger partial charge in [-0.15, -0.1) is 11.3 Å². The molecule has 1 fully saturated rings. The molecule has 8 heteroatoms. The minimum absolute atomic E-state index is 0.00632. The molecule has 3 aromatic rings. The van der Waals surface area contributed by atoms with E-state index < -0.39 is 0 Å². The molecule has 0 radical (unpaired) electrons. The molecular weight excluding hydrogens is 464 g/mol. The molecule has 0 bridgehead atoms. The summed E-state index contributed by atoms with van der Waals surface area (Å²) in [5.74, 6) is 1.01. The standard InChI is InChI=1S/C22H23BrN4O2S/c23-14-3-1-4-15(10-14)26-20-19-17-7-6-13(9-18(17)30-21(19)25-12-24-20)22(29)27-8-2-5-16(27)11-28/h1,3-4,10,12-13,16,28H,2,5-9,11H2,(H,24,25,26). The maximum absolute atomic E-state index is 13.1. The fourth-order valence-corrected chi connectivity index (χ4v) is 6.34. The van der Waals surface area contributed by atoms with Crippen LogP contribution in [-0.4, -0.2) is 45.1 Å². The van der Waals surface area contributed by atoms with Crippen LogP contribution >= 0.6 is 27.3 Å². The van der Waals surface area contributed by atoms with Gasteiger partial charge in [0.05, 0.1) is 18.0 Å². The highest BCUT2D eigenvalue weighted by molar-refractivity contribution is 9.10. The zero-order chi connectivity index (χ0) is 20.7. The average Bonchev–Trinajstić information content (AvgIpc) is 3.37. The van der Waals surface area contributed by atoms with Crippen LogP contribution in [0.25, 0.3) is 10.2 Å². The summed E-state index contributed by atoms with van der Waals surface area (Å²) in [5.41, 5.74) is 2.24. The number of carbonyl (C=O) groups excluding carboxylic acids is 1. The Bertz CT molecular complexity index is 1100. The maximum atomic E-state index is 13.1. The van der Waals surface area contributed by atoms with E-state index in [1.54, 1.807) is 17.7 Å². The molecule has 1 saturated heterocycles. The fourth-order valence-electron chi connectivity index (χ4n) is 4.67. The van der Waals surface area contributed by atoms with E-state index in [2.05, 4.69) is 31.2 Å². The Balaban J connectivity index is 1.43. The Labute approximate surface area is 187 Å². The molecule has 2 aliphatic rings. The smallest absolute Gasteiger partial charge is 0.226 e. The van der Waals surface area contributed by atoms with Gasteiger partial charge in [-0.25, -0.2) is 9.97 Å². The minimum Gasteiger partial charge on any atom is -0.394 e. The molecule has 2 atom stereocenters. The Hall–Kier alpha value is -2.03. The number of anilines is 2. The van der Waals surface area contributed by atoms with Gasteiger partial charge in [0.2, 0.25) is 5.91 Å². The minimum atomic E-state index is -0.00726. The lowest BCUT2D eigenvalue weighted by atomic mass is 9.86. The zero-order valence-corrected chi connectivity index (χ0v) is 18.9. The number of halogens is 1. The van der Waals surface area contributed by atoms with Crippen molar-refractivity contribution in [2.45, 2.75) is 38.1 Å². The first-order valence-corrected chi connectivity index (χ1v) is 11.9. The lowest BCUT2D eigenvalue weighted by Gasteiger charge is -2.30. The molecular formula is C22H23BrN4O2S. The van der Waals surface area contributed by atoms with Crippen molar-refractivity contribution in [2.24, 2.45) is 5.92 Å². The van der Waals surface area contributed by atoms with Crippen LogP contribution in [0.2, 0.25) is 0 Å². The summed E-state index contributed by atoms with van der Waals surface area (Å²) in [6.45, 7) is 0.832. The number of hydrogen-bond acceptors (Lipinski definition) is 6. The molecule has 30 heavy (non-hydrogen) atoms. The van der Waals surface area contributed by atoms with E-state index >= 15 is 0 Å². The molecule has 2 unspecified atom stereocenters. The number of likely N-dealkylation sites (tertiary alicyclic amines) is 1. The number of amides is 1. The van der Waals surface area contributed by atoms with Gasteiger partial charge in [0.15, 0.2) is 0 Å². The van der Waals surface area contributed by atoms with Crippen LogP contribution in [0.5, 0.6) is 0 Å². The number of aromatic nitrogens is 2. The third-order valence-electron chi connectivity index (χ3n) is 6.15. The highest BCUT2D eigenvalue weighted by atomic mass is 79.9. The monoisotopic (exact) mass is 486 g/mol. The van der Waals surface area contributed by atoms with Crippen LogP contribution in [0.15, 0.2) is 35.1 Å². The van der Waals surface area contributed by atoms with E-state index in [0.29, 0.717) is 0 Å². The van der Waals surface area contributed by atoms with Crippen LogP contribution in [0, 0.1) is 5.92 Å². The molecule has 5 rings (SSSR count). The largest absolute Gasteiger partial charge is 0.394 e. The SMILES string of the molecule is O=C(C1CCc2c(sc3ncnc(Nc4cccc(Br)c4)c23)C1)N1CCCC1CO. The van der Waals surface area contributed by atoms with E-state index in [0.717, 1.165) is 64.8 Å². The summed E-state index contributed by atoms with van der Waals surface area (Å²) in [7, 11) is 0. The first-order chi connectivity index (χ1) is 14.6. The van der Waals surface area contributed by atoms with Gasteiger partial charge in [0.1, 0.15) is 17.0 Å². The topological polar surface area (TPSA) is 78.4 Å².